The van der Waals surface area contributed by atoms with Gasteiger partial charge in [0, 0.05) is 48.8 Å². The maximum absolute atomic E-state index is 13.8. The molecule has 150 valence electrons. The van der Waals surface area contributed by atoms with E-state index < -0.39 is 0 Å². The lowest BCUT2D eigenvalue weighted by Crippen LogP contribution is -2.36. The zero-order valence-electron chi connectivity index (χ0n) is 15.5. The van der Waals surface area contributed by atoms with Crippen LogP contribution < -0.4 is 15.5 Å². The van der Waals surface area contributed by atoms with Crippen molar-refractivity contribution < 1.29 is 9.18 Å². The van der Waals surface area contributed by atoms with Gasteiger partial charge in [0.15, 0.2) is 5.96 Å². The minimum absolute atomic E-state index is 0. The molecule has 0 aliphatic carbocycles. The van der Waals surface area contributed by atoms with E-state index in [9.17, 15) is 9.18 Å². The number of carbonyl (C=O) groups excluding carboxylic acids is 1. The fraction of sp³-hybridized carbons (Fsp3) is 0.300. The van der Waals surface area contributed by atoms with Gasteiger partial charge in [-0.15, -0.1) is 24.0 Å². The van der Waals surface area contributed by atoms with Crippen LogP contribution in [0.3, 0.4) is 0 Å². The van der Waals surface area contributed by atoms with E-state index in [0.29, 0.717) is 31.0 Å². The van der Waals surface area contributed by atoms with Gasteiger partial charge < -0.3 is 15.5 Å². The maximum atomic E-state index is 13.8. The third-order valence-corrected chi connectivity index (χ3v) is 4.95. The monoisotopic (exact) mass is 560 g/mol. The van der Waals surface area contributed by atoms with Crippen molar-refractivity contribution in [2.75, 3.05) is 18.5 Å². The summed E-state index contributed by atoms with van der Waals surface area (Å²) in [7, 11) is 1.68. The Morgan fingerprint density at radius 2 is 1.89 bits per heavy atom. The molecular formula is C20H23BrFIN4O. The molecule has 1 heterocycles. The highest BCUT2D eigenvalue weighted by molar-refractivity contribution is 14.0. The van der Waals surface area contributed by atoms with Crippen LogP contribution in [0, 0.1) is 5.82 Å². The summed E-state index contributed by atoms with van der Waals surface area (Å²) in [6.45, 7) is 1.70. The number of hydrogen-bond donors (Lipinski definition) is 2. The van der Waals surface area contributed by atoms with Crippen molar-refractivity contribution >= 4 is 57.5 Å². The van der Waals surface area contributed by atoms with Gasteiger partial charge in [-0.3, -0.25) is 9.79 Å². The highest BCUT2D eigenvalue weighted by atomic mass is 127. The highest BCUT2D eigenvalue weighted by Gasteiger charge is 2.21. The molecule has 0 saturated carbocycles. The number of amides is 1. The van der Waals surface area contributed by atoms with Crippen molar-refractivity contribution in [3.05, 3.63) is 63.9 Å². The van der Waals surface area contributed by atoms with Crippen molar-refractivity contribution in [3.63, 3.8) is 0 Å². The van der Waals surface area contributed by atoms with Gasteiger partial charge in [0.2, 0.25) is 5.91 Å². The third kappa shape index (κ3) is 5.91. The molecule has 1 aliphatic rings. The number of aliphatic imine (C=N–C) groups is 1. The number of benzene rings is 2. The maximum Gasteiger partial charge on any atom is 0.227 e. The first kappa shape index (κ1) is 22.6. The zero-order chi connectivity index (χ0) is 19.2. The van der Waals surface area contributed by atoms with Gasteiger partial charge in [-0.1, -0.05) is 28.1 Å². The van der Waals surface area contributed by atoms with Crippen LogP contribution in [0.2, 0.25) is 0 Å². The second-order valence-corrected chi connectivity index (χ2v) is 7.25. The van der Waals surface area contributed by atoms with Crippen molar-refractivity contribution in [3.8, 4) is 0 Å². The minimum Gasteiger partial charge on any atom is -0.352 e. The van der Waals surface area contributed by atoms with E-state index in [1.165, 1.54) is 6.07 Å². The topological polar surface area (TPSA) is 56.7 Å². The predicted octanol–water partition coefficient (Wildman–Crippen LogP) is 4.20. The van der Waals surface area contributed by atoms with E-state index in [0.717, 1.165) is 28.7 Å². The summed E-state index contributed by atoms with van der Waals surface area (Å²) in [4.78, 5) is 17.8. The molecule has 0 radical (unpaired) electrons. The Labute approximate surface area is 189 Å². The van der Waals surface area contributed by atoms with Gasteiger partial charge in [0.25, 0.3) is 0 Å². The van der Waals surface area contributed by atoms with Gasteiger partial charge in [-0.05, 0) is 42.3 Å². The van der Waals surface area contributed by atoms with E-state index in [1.54, 1.807) is 19.2 Å². The zero-order valence-corrected chi connectivity index (χ0v) is 19.5. The first-order chi connectivity index (χ1) is 13.1. The molecule has 0 aromatic heterocycles. The van der Waals surface area contributed by atoms with E-state index in [-0.39, 0.29) is 35.7 Å². The Kier molecular flexibility index (Phi) is 8.68. The second-order valence-electron chi connectivity index (χ2n) is 6.33. The molecule has 2 aromatic carbocycles. The molecule has 0 spiro atoms. The Morgan fingerprint density at radius 1 is 1.18 bits per heavy atom. The molecule has 28 heavy (non-hydrogen) atoms. The second kappa shape index (κ2) is 10.8. The van der Waals surface area contributed by atoms with Crippen molar-refractivity contribution in [2.45, 2.75) is 25.9 Å². The number of hydrogen-bond acceptors (Lipinski definition) is 2. The average Bonchev–Trinajstić information content (AvgIpc) is 3.11. The minimum atomic E-state index is -0.256. The largest absolute Gasteiger partial charge is 0.352 e. The van der Waals surface area contributed by atoms with Crippen LogP contribution in [-0.2, 0) is 17.9 Å². The lowest BCUT2D eigenvalue weighted by Gasteiger charge is -2.16. The lowest BCUT2D eigenvalue weighted by molar-refractivity contribution is -0.117. The van der Waals surface area contributed by atoms with E-state index in [2.05, 4.69) is 31.6 Å². The van der Waals surface area contributed by atoms with Crippen molar-refractivity contribution in [2.24, 2.45) is 4.99 Å². The Bertz CT molecular complexity index is 845. The van der Waals surface area contributed by atoms with Crippen LogP contribution in [0.4, 0.5) is 10.1 Å². The van der Waals surface area contributed by atoms with Crippen LogP contribution in [0.5, 0.6) is 0 Å². The molecule has 2 aromatic rings. The molecule has 0 bridgehead atoms. The van der Waals surface area contributed by atoms with E-state index in [1.807, 2.05) is 29.2 Å². The summed E-state index contributed by atoms with van der Waals surface area (Å²) in [5.74, 6) is 0.520. The quantitative estimate of drug-likeness (QED) is 0.327. The number of nitrogens with zero attached hydrogens (tertiary/aromatic N) is 2. The van der Waals surface area contributed by atoms with Crippen molar-refractivity contribution in [1.82, 2.24) is 10.6 Å². The van der Waals surface area contributed by atoms with Crippen LogP contribution in [0.1, 0.15) is 24.0 Å². The van der Waals surface area contributed by atoms with Crippen molar-refractivity contribution in [1.29, 1.82) is 0 Å². The Balaban J connectivity index is 0.00000280. The molecular weight excluding hydrogens is 538 g/mol. The molecule has 8 heteroatoms. The Hall–Kier alpha value is -1.68. The van der Waals surface area contributed by atoms with Gasteiger partial charge in [-0.2, -0.15) is 0 Å². The number of nitrogens with one attached hydrogen (secondary N) is 2. The molecule has 2 N–H and O–H groups in total. The first-order valence-corrected chi connectivity index (χ1v) is 9.64. The van der Waals surface area contributed by atoms with Gasteiger partial charge in [0.1, 0.15) is 5.82 Å². The van der Waals surface area contributed by atoms with E-state index >= 15 is 0 Å². The number of carbonyl (C=O) groups is 1. The van der Waals surface area contributed by atoms with Crippen LogP contribution in [0.25, 0.3) is 0 Å². The molecule has 1 saturated heterocycles. The summed E-state index contributed by atoms with van der Waals surface area (Å²) >= 11 is 3.35. The van der Waals surface area contributed by atoms with E-state index in [4.69, 9.17) is 0 Å². The average molecular weight is 561 g/mol. The summed E-state index contributed by atoms with van der Waals surface area (Å²) in [6.07, 6.45) is 1.55. The summed E-state index contributed by atoms with van der Waals surface area (Å²) < 4.78 is 14.7. The van der Waals surface area contributed by atoms with Crippen LogP contribution in [0.15, 0.2) is 51.9 Å². The number of anilines is 1. The van der Waals surface area contributed by atoms with Gasteiger partial charge in [0.05, 0.1) is 0 Å². The standard InChI is InChI=1S/C20H22BrFN4O.HI/c1-23-20(25-13-15-11-16(21)6-9-18(15)22)24-12-14-4-7-17(8-5-14)26-10-2-3-19(26)27;/h4-9,11H,2-3,10,12-13H2,1H3,(H2,23,24,25);1H. The fourth-order valence-corrected chi connectivity index (χ4v) is 3.39. The molecule has 1 aliphatic heterocycles. The molecule has 1 fully saturated rings. The SMILES string of the molecule is CN=C(NCc1ccc(N2CCCC2=O)cc1)NCc1cc(Br)ccc1F.I. The summed E-state index contributed by atoms with van der Waals surface area (Å²) in [5.41, 5.74) is 2.57. The van der Waals surface area contributed by atoms with Gasteiger partial charge >= 0.3 is 0 Å². The normalized spacial score (nSPS) is 14.0. The fourth-order valence-electron chi connectivity index (χ4n) is 2.98. The van der Waals surface area contributed by atoms with Crippen LogP contribution >= 0.6 is 39.9 Å². The lowest BCUT2D eigenvalue weighted by atomic mass is 10.2. The number of halogens is 3. The number of rotatable bonds is 5. The molecule has 0 atom stereocenters. The first-order valence-electron chi connectivity index (χ1n) is 8.84. The third-order valence-electron chi connectivity index (χ3n) is 4.46. The predicted molar refractivity (Wildman–Crippen MR) is 125 cm³/mol. The summed E-state index contributed by atoms with van der Waals surface area (Å²) in [5, 5.41) is 6.32. The highest BCUT2D eigenvalue weighted by Crippen LogP contribution is 2.21. The summed E-state index contributed by atoms with van der Waals surface area (Å²) in [6, 6.07) is 12.8. The molecule has 3 rings (SSSR count). The van der Waals surface area contributed by atoms with Gasteiger partial charge in [-0.25, -0.2) is 4.39 Å². The molecule has 1 amide bonds. The Morgan fingerprint density at radius 3 is 2.54 bits per heavy atom. The molecule has 0 unspecified atom stereocenters. The van der Waals surface area contributed by atoms with Crippen LogP contribution in [-0.4, -0.2) is 25.5 Å². The smallest absolute Gasteiger partial charge is 0.227 e. The number of guanidine groups is 1. The molecule has 5 nitrogen and oxygen atoms in total.